The summed E-state index contributed by atoms with van der Waals surface area (Å²) in [6.45, 7) is 1.21. The van der Waals surface area contributed by atoms with Gasteiger partial charge in [0, 0.05) is 19.2 Å². The average Bonchev–Trinajstić information content (AvgIpc) is 3.22. The number of carbonyl (C=O) groups excluding carboxylic acids is 4. The molecule has 2 aromatic rings. The molecule has 1 unspecified atom stereocenters. The quantitative estimate of drug-likeness (QED) is 0.386. The highest BCUT2D eigenvalue weighted by Crippen LogP contribution is 2.30. The van der Waals surface area contributed by atoms with E-state index in [1.807, 2.05) is 6.07 Å². The van der Waals surface area contributed by atoms with E-state index in [1.165, 1.54) is 28.9 Å². The maximum atomic E-state index is 13.6. The Hall–Kier alpha value is -3.63. The molecule has 202 valence electrons. The van der Waals surface area contributed by atoms with Crippen LogP contribution < -0.4 is 15.0 Å². The van der Waals surface area contributed by atoms with Crippen molar-refractivity contribution < 1.29 is 33.8 Å². The summed E-state index contributed by atoms with van der Waals surface area (Å²) < 4.78 is 10.3. The SMILES string of the molecule is CC(=O)OCCOc1ccc(C(=O)N2CC(=O)N(CC(=O)NC3CCC[C@H]3O)Cc3ccccc32)c(Cl)c1. The highest BCUT2D eigenvalue weighted by atomic mass is 35.5. The molecule has 11 heteroatoms. The van der Waals surface area contributed by atoms with Crippen molar-refractivity contribution >= 4 is 41.0 Å². The number of anilines is 1. The molecule has 1 fully saturated rings. The molecule has 0 aromatic heterocycles. The first kappa shape index (κ1) is 27.4. The van der Waals surface area contributed by atoms with E-state index in [0.29, 0.717) is 29.8 Å². The van der Waals surface area contributed by atoms with Gasteiger partial charge in [0.25, 0.3) is 5.91 Å². The standard InChI is InChI=1S/C27H30ClN3O7/c1-17(32)37-11-12-38-19-9-10-20(21(28)13-19)27(36)31-16-26(35)30(14-18-5-2-3-7-23(18)31)15-25(34)29-22-6-4-8-24(22)33/h2-3,5,7,9-10,13,22,24,33H,4,6,8,11-12,14-16H2,1H3,(H,29,34)/t22?,24-/m1/s1. The fourth-order valence-corrected chi connectivity index (χ4v) is 4.88. The summed E-state index contributed by atoms with van der Waals surface area (Å²) in [6.07, 6.45) is 1.59. The fraction of sp³-hybridized carbons (Fsp3) is 0.407. The lowest BCUT2D eigenvalue weighted by Crippen LogP contribution is -2.47. The van der Waals surface area contributed by atoms with Crippen LogP contribution in [0.1, 0.15) is 42.1 Å². The number of hydrogen-bond acceptors (Lipinski definition) is 7. The molecule has 1 heterocycles. The number of benzene rings is 2. The lowest BCUT2D eigenvalue weighted by Gasteiger charge is -2.24. The van der Waals surface area contributed by atoms with Crippen LogP contribution >= 0.6 is 11.6 Å². The molecule has 1 aliphatic heterocycles. The van der Waals surface area contributed by atoms with Gasteiger partial charge >= 0.3 is 5.97 Å². The summed E-state index contributed by atoms with van der Waals surface area (Å²) in [6, 6.07) is 11.4. The molecule has 10 nitrogen and oxygen atoms in total. The lowest BCUT2D eigenvalue weighted by molar-refractivity contribution is -0.141. The third-order valence-electron chi connectivity index (χ3n) is 6.52. The number of esters is 1. The molecule has 0 saturated heterocycles. The first-order valence-electron chi connectivity index (χ1n) is 12.4. The summed E-state index contributed by atoms with van der Waals surface area (Å²) in [5.74, 6) is -1.22. The molecule has 0 bridgehead atoms. The van der Waals surface area contributed by atoms with Crippen LogP contribution in [-0.4, -0.2) is 72.1 Å². The van der Waals surface area contributed by atoms with Gasteiger partial charge in [-0.2, -0.15) is 0 Å². The van der Waals surface area contributed by atoms with E-state index in [1.54, 1.807) is 24.3 Å². The Morgan fingerprint density at radius 2 is 1.89 bits per heavy atom. The number of fused-ring (bicyclic) bond motifs is 1. The van der Waals surface area contributed by atoms with Crippen LogP contribution in [0.5, 0.6) is 5.75 Å². The first-order chi connectivity index (χ1) is 18.2. The van der Waals surface area contributed by atoms with Crippen molar-refractivity contribution in [3.63, 3.8) is 0 Å². The monoisotopic (exact) mass is 543 g/mol. The summed E-state index contributed by atoms with van der Waals surface area (Å²) in [7, 11) is 0. The van der Waals surface area contributed by atoms with Gasteiger partial charge in [-0.3, -0.25) is 24.1 Å². The van der Waals surface area contributed by atoms with Crippen molar-refractivity contribution in [2.45, 2.75) is 44.9 Å². The summed E-state index contributed by atoms with van der Waals surface area (Å²) in [5, 5.41) is 13.0. The Bertz CT molecular complexity index is 1220. The number of aliphatic hydroxyl groups is 1. The average molecular weight is 544 g/mol. The van der Waals surface area contributed by atoms with Gasteiger partial charge in [0.15, 0.2) is 0 Å². The van der Waals surface area contributed by atoms with Gasteiger partial charge in [-0.1, -0.05) is 29.8 Å². The number of aliphatic hydroxyl groups excluding tert-OH is 1. The second-order valence-electron chi connectivity index (χ2n) is 9.27. The maximum absolute atomic E-state index is 13.6. The number of halogens is 1. The fourth-order valence-electron chi connectivity index (χ4n) is 4.63. The number of hydrogen-bond donors (Lipinski definition) is 2. The molecule has 2 atom stereocenters. The van der Waals surface area contributed by atoms with E-state index in [0.717, 1.165) is 6.42 Å². The van der Waals surface area contributed by atoms with Crippen LogP contribution in [0.2, 0.25) is 5.02 Å². The number of nitrogens with one attached hydrogen (secondary N) is 1. The van der Waals surface area contributed by atoms with E-state index in [4.69, 9.17) is 21.1 Å². The molecular weight excluding hydrogens is 514 g/mol. The smallest absolute Gasteiger partial charge is 0.302 e. The lowest BCUT2D eigenvalue weighted by atomic mass is 10.1. The molecule has 1 saturated carbocycles. The van der Waals surface area contributed by atoms with Crippen molar-refractivity contribution in [2.75, 3.05) is 31.2 Å². The number of nitrogens with zero attached hydrogens (tertiary/aromatic N) is 2. The number of ether oxygens (including phenoxy) is 2. The van der Waals surface area contributed by atoms with Crippen LogP contribution in [0, 0.1) is 0 Å². The van der Waals surface area contributed by atoms with Crippen LogP contribution in [0.3, 0.4) is 0 Å². The Morgan fingerprint density at radius 3 is 2.61 bits per heavy atom. The highest BCUT2D eigenvalue weighted by molar-refractivity contribution is 6.34. The zero-order chi connectivity index (χ0) is 27.2. The number of amides is 3. The van der Waals surface area contributed by atoms with Crippen LogP contribution in [0.15, 0.2) is 42.5 Å². The van der Waals surface area contributed by atoms with Gasteiger partial charge < -0.3 is 24.8 Å². The molecule has 38 heavy (non-hydrogen) atoms. The topological polar surface area (TPSA) is 125 Å². The molecule has 2 aromatic carbocycles. The molecule has 2 N–H and O–H groups in total. The van der Waals surface area contributed by atoms with Crippen LogP contribution in [0.4, 0.5) is 5.69 Å². The number of para-hydroxylation sites is 1. The molecule has 1 aliphatic carbocycles. The molecule has 0 radical (unpaired) electrons. The largest absolute Gasteiger partial charge is 0.490 e. The summed E-state index contributed by atoms with van der Waals surface area (Å²) in [4.78, 5) is 53.1. The molecule has 2 aliphatic rings. The van der Waals surface area contributed by atoms with Gasteiger partial charge in [-0.15, -0.1) is 0 Å². The normalized spacial score (nSPS) is 19.0. The summed E-state index contributed by atoms with van der Waals surface area (Å²) >= 11 is 6.42. The van der Waals surface area contributed by atoms with Crippen LogP contribution in [-0.2, 0) is 25.7 Å². The van der Waals surface area contributed by atoms with E-state index in [-0.39, 0.29) is 55.4 Å². The number of rotatable bonds is 8. The predicted octanol–water partition coefficient (Wildman–Crippen LogP) is 2.30. The van der Waals surface area contributed by atoms with Crippen molar-refractivity contribution in [3.05, 3.63) is 58.6 Å². The maximum Gasteiger partial charge on any atom is 0.302 e. The Balaban J connectivity index is 1.48. The molecule has 0 spiro atoms. The van der Waals surface area contributed by atoms with Gasteiger partial charge in [-0.05, 0) is 49.1 Å². The van der Waals surface area contributed by atoms with Crippen molar-refractivity contribution in [1.29, 1.82) is 0 Å². The summed E-state index contributed by atoms with van der Waals surface area (Å²) in [5.41, 5.74) is 1.45. The van der Waals surface area contributed by atoms with Crippen molar-refractivity contribution in [1.82, 2.24) is 10.2 Å². The van der Waals surface area contributed by atoms with E-state index in [2.05, 4.69) is 5.32 Å². The minimum absolute atomic E-state index is 0.0794. The van der Waals surface area contributed by atoms with Crippen LogP contribution in [0.25, 0.3) is 0 Å². The minimum atomic E-state index is -0.581. The van der Waals surface area contributed by atoms with Gasteiger partial charge in [-0.25, -0.2) is 0 Å². The predicted molar refractivity (Wildman–Crippen MR) is 139 cm³/mol. The second kappa shape index (κ2) is 12.3. The Labute approximate surface area is 225 Å². The minimum Gasteiger partial charge on any atom is -0.490 e. The molecular formula is C27H30ClN3O7. The van der Waals surface area contributed by atoms with Gasteiger partial charge in [0.1, 0.15) is 25.5 Å². The zero-order valence-corrected chi connectivity index (χ0v) is 21.8. The first-order valence-corrected chi connectivity index (χ1v) is 12.8. The van der Waals surface area contributed by atoms with Crippen molar-refractivity contribution in [2.24, 2.45) is 0 Å². The Kier molecular flexibility index (Phi) is 8.85. The van der Waals surface area contributed by atoms with E-state index in [9.17, 15) is 24.3 Å². The third-order valence-corrected chi connectivity index (χ3v) is 6.84. The molecule has 3 amide bonds. The van der Waals surface area contributed by atoms with Gasteiger partial charge in [0.05, 0.1) is 29.3 Å². The van der Waals surface area contributed by atoms with E-state index < -0.39 is 23.9 Å². The van der Waals surface area contributed by atoms with Crippen molar-refractivity contribution in [3.8, 4) is 5.75 Å². The van der Waals surface area contributed by atoms with E-state index >= 15 is 0 Å². The highest BCUT2D eigenvalue weighted by Gasteiger charge is 2.32. The Morgan fingerprint density at radius 1 is 1.11 bits per heavy atom. The number of carbonyl (C=O) groups is 4. The van der Waals surface area contributed by atoms with Gasteiger partial charge in [0.2, 0.25) is 11.8 Å². The second-order valence-corrected chi connectivity index (χ2v) is 9.68. The zero-order valence-electron chi connectivity index (χ0n) is 21.0. The third kappa shape index (κ3) is 6.62. The molecule has 4 rings (SSSR count).